The molecular formula is C14H28N2O5. The number of carbonyl (C=O) groups is 2. The molecule has 0 saturated heterocycles. The maximum absolute atomic E-state index is 12.0. The largest absolute Gasteiger partial charge is 0.481 e. The lowest BCUT2D eigenvalue weighted by Gasteiger charge is -2.23. The van der Waals surface area contributed by atoms with Crippen LogP contribution in [0, 0.1) is 0 Å². The smallest absolute Gasteiger partial charge is 0.317 e. The van der Waals surface area contributed by atoms with Crippen LogP contribution in [0.15, 0.2) is 0 Å². The van der Waals surface area contributed by atoms with E-state index in [4.69, 9.17) is 14.6 Å². The van der Waals surface area contributed by atoms with Crippen LogP contribution in [0.5, 0.6) is 0 Å². The number of rotatable bonds is 13. The van der Waals surface area contributed by atoms with E-state index >= 15 is 0 Å². The Balaban J connectivity index is 3.95. The van der Waals surface area contributed by atoms with Crippen LogP contribution in [0.1, 0.15) is 33.1 Å². The highest BCUT2D eigenvalue weighted by atomic mass is 16.5. The van der Waals surface area contributed by atoms with Gasteiger partial charge in [-0.2, -0.15) is 0 Å². The van der Waals surface area contributed by atoms with E-state index < -0.39 is 5.97 Å². The van der Waals surface area contributed by atoms with Crippen LogP contribution in [0.25, 0.3) is 0 Å². The normalized spacial score (nSPS) is 10.4. The number of hydrogen-bond donors (Lipinski definition) is 2. The van der Waals surface area contributed by atoms with Crippen molar-refractivity contribution in [1.29, 1.82) is 0 Å². The maximum atomic E-state index is 12.0. The Labute approximate surface area is 126 Å². The number of hydrogen-bond acceptors (Lipinski definition) is 4. The van der Waals surface area contributed by atoms with Crippen LogP contribution in [0.4, 0.5) is 4.79 Å². The van der Waals surface area contributed by atoms with Gasteiger partial charge < -0.3 is 24.8 Å². The number of unbranched alkanes of at least 4 members (excludes halogenated alkanes) is 1. The van der Waals surface area contributed by atoms with Crippen molar-refractivity contribution in [2.75, 3.05) is 46.1 Å². The minimum absolute atomic E-state index is 0.133. The van der Waals surface area contributed by atoms with Crippen LogP contribution in [-0.2, 0) is 14.3 Å². The summed E-state index contributed by atoms with van der Waals surface area (Å²) < 4.78 is 10.5. The minimum Gasteiger partial charge on any atom is -0.481 e. The van der Waals surface area contributed by atoms with E-state index in [0.29, 0.717) is 58.9 Å². The molecule has 7 heteroatoms. The third-order valence-electron chi connectivity index (χ3n) is 2.80. The minimum atomic E-state index is -0.809. The quantitative estimate of drug-likeness (QED) is 0.501. The highest BCUT2D eigenvalue weighted by Crippen LogP contribution is 1.96. The van der Waals surface area contributed by atoms with E-state index in [1.807, 2.05) is 13.8 Å². The number of urea groups is 1. The zero-order valence-electron chi connectivity index (χ0n) is 13.1. The van der Waals surface area contributed by atoms with Gasteiger partial charge in [-0.3, -0.25) is 4.79 Å². The number of nitrogens with zero attached hydrogens (tertiary/aromatic N) is 1. The highest BCUT2D eigenvalue weighted by Gasteiger charge is 2.12. The van der Waals surface area contributed by atoms with Gasteiger partial charge in [0.15, 0.2) is 0 Å². The lowest BCUT2D eigenvalue weighted by atomic mass is 10.2. The Bertz CT molecular complexity index is 277. The average Bonchev–Trinajstić information content (AvgIpc) is 2.45. The molecule has 0 heterocycles. The van der Waals surface area contributed by atoms with E-state index in [1.54, 1.807) is 4.90 Å². The Hall–Kier alpha value is -1.34. The summed E-state index contributed by atoms with van der Waals surface area (Å²) in [6, 6.07) is -0.162. The zero-order valence-corrected chi connectivity index (χ0v) is 13.1. The van der Waals surface area contributed by atoms with Crippen molar-refractivity contribution in [3.05, 3.63) is 0 Å². The molecule has 7 nitrogen and oxygen atoms in total. The summed E-state index contributed by atoms with van der Waals surface area (Å²) in [6.07, 6.45) is 1.35. The van der Waals surface area contributed by atoms with Gasteiger partial charge in [-0.15, -0.1) is 0 Å². The molecule has 0 unspecified atom stereocenters. The average molecular weight is 304 g/mol. The van der Waals surface area contributed by atoms with E-state index in [2.05, 4.69) is 5.32 Å². The van der Waals surface area contributed by atoms with Crippen LogP contribution in [0.3, 0.4) is 0 Å². The van der Waals surface area contributed by atoms with Gasteiger partial charge in [-0.25, -0.2) is 4.79 Å². The number of amides is 2. The molecule has 124 valence electrons. The molecule has 0 fully saturated rings. The molecule has 0 atom stereocenters. The van der Waals surface area contributed by atoms with Gasteiger partial charge in [-0.05, 0) is 26.7 Å². The van der Waals surface area contributed by atoms with Crippen molar-refractivity contribution in [2.45, 2.75) is 33.1 Å². The Morgan fingerprint density at radius 3 is 2.10 bits per heavy atom. The molecule has 0 aliphatic heterocycles. The van der Waals surface area contributed by atoms with Crippen LogP contribution in [0.2, 0.25) is 0 Å². The number of nitrogens with one attached hydrogen (secondary N) is 1. The first-order valence-corrected chi connectivity index (χ1v) is 7.51. The molecule has 0 spiro atoms. The number of carbonyl (C=O) groups excluding carboxylic acids is 1. The number of carboxylic acid groups (broad SMARTS) is 1. The van der Waals surface area contributed by atoms with Crippen molar-refractivity contribution in [2.24, 2.45) is 0 Å². The third kappa shape index (κ3) is 12.1. The molecule has 21 heavy (non-hydrogen) atoms. The van der Waals surface area contributed by atoms with Crippen molar-refractivity contribution in [3.8, 4) is 0 Å². The van der Waals surface area contributed by atoms with Crippen molar-refractivity contribution in [3.63, 3.8) is 0 Å². The van der Waals surface area contributed by atoms with Gasteiger partial charge in [0.25, 0.3) is 0 Å². The summed E-state index contributed by atoms with van der Waals surface area (Å²) in [6.45, 7) is 7.56. The first-order valence-electron chi connectivity index (χ1n) is 7.51. The Morgan fingerprint density at radius 1 is 1.05 bits per heavy atom. The summed E-state index contributed by atoms with van der Waals surface area (Å²) >= 11 is 0. The monoisotopic (exact) mass is 304 g/mol. The first-order chi connectivity index (χ1) is 10.1. The Morgan fingerprint density at radius 2 is 1.62 bits per heavy atom. The van der Waals surface area contributed by atoms with Gasteiger partial charge in [-0.1, -0.05) is 0 Å². The van der Waals surface area contributed by atoms with Gasteiger partial charge in [0.05, 0.1) is 13.2 Å². The van der Waals surface area contributed by atoms with Crippen LogP contribution >= 0.6 is 0 Å². The molecular weight excluding hydrogens is 276 g/mol. The molecule has 0 aromatic carbocycles. The topological polar surface area (TPSA) is 88.1 Å². The summed E-state index contributed by atoms with van der Waals surface area (Å²) in [4.78, 5) is 24.0. The second kappa shape index (κ2) is 13.6. The molecule has 2 amide bonds. The molecule has 2 N–H and O–H groups in total. The fraction of sp³-hybridized carbons (Fsp3) is 0.857. The summed E-state index contributed by atoms with van der Waals surface area (Å²) in [7, 11) is 0. The van der Waals surface area contributed by atoms with E-state index in [0.717, 1.165) is 0 Å². The maximum Gasteiger partial charge on any atom is 0.317 e. The molecule has 0 aromatic rings. The second-order valence-corrected chi connectivity index (χ2v) is 4.46. The molecule has 0 bridgehead atoms. The number of aliphatic carboxylic acids is 1. The lowest BCUT2D eigenvalue weighted by molar-refractivity contribution is -0.137. The first kappa shape index (κ1) is 19.7. The summed E-state index contributed by atoms with van der Waals surface area (Å²) in [5.41, 5.74) is 0. The summed E-state index contributed by atoms with van der Waals surface area (Å²) in [5.74, 6) is -0.809. The summed E-state index contributed by atoms with van der Waals surface area (Å²) in [5, 5.41) is 11.3. The van der Waals surface area contributed by atoms with E-state index in [1.165, 1.54) is 0 Å². The van der Waals surface area contributed by atoms with Gasteiger partial charge in [0.1, 0.15) is 0 Å². The van der Waals surface area contributed by atoms with E-state index in [9.17, 15) is 9.59 Å². The van der Waals surface area contributed by atoms with Crippen LogP contribution in [-0.4, -0.2) is 68.1 Å². The molecule has 0 rings (SSSR count). The molecule has 0 aliphatic rings. The predicted octanol–water partition coefficient (Wildman–Crippen LogP) is 1.33. The van der Waals surface area contributed by atoms with Crippen LogP contribution < -0.4 is 5.32 Å². The zero-order chi connectivity index (χ0) is 15.9. The van der Waals surface area contributed by atoms with Crippen molar-refractivity contribution >= 4 is 12.0 Å². The molecule has 0 saturated carbocycles. The fourth-order valence-electron chi connectivity index (χ4n) is 1.66. The number of carboxylic acids is 1. The van der Waals surface area contributed by atoms with Gasteiger partial charge >= 0.3 is 12.0 Å². The van der Waals surface area contributed by atoms with Gasteiger partial charge in [0, 0.05) is 39.3 Å². The van der Waals surface area contributed by atoms with Crippen molar-refractivity contribution < 1.29 is 24.2 Å². The van der Waals surface area contributed by atoms with Gasteiger partial charge in [0.2, 0.25) is 0 Å². The predicted molar refractivity (Wildman–Crippen MR) is 79.4 cm³/mol. The van der Waals surface area contributed by atoms with E-state index in [-0.39, 0.29) is 12.5 Å². The number of ether oxygens (including phenoxy) is 2. The molecule has 0 radical (unpaired) electrons. The lowest BCUT2D eigenvalue weighted by Crippen LogP contribution is -2.43. The third-order valence-corrected chi connectivity index (χ3v) is 2.80. The Kier molecular flexibility index (Phi) is 12.8. The van der Waals surface area contributed by atoms with Crippen molar-refractivity contribution in [1.82, 2.24) is 10.2 Å². The SMILES string of the molecule is CCOCCN(CCOCC)C(=O)NCCCCC(=O)O. The standard InChI is InChI=1S/C14H28N2O5/c1-3-20-11-9-16(10-12-21-4-2)14(19)15-8-6-5-7-13(17)18/h3-12H2,1-2H3,(H,15,19)(H,17,18). The second-order valence-electron chi connectivity index (χ2n) is 4.46. The molecule has 0 aliphatic carbocycles. The fourth-order valence-corrected chi connectivity index (χ4v) is 1.66. The molecule has 0 aromatic heterocycles. The highest BCUT2D eigenvalue weighted by molar-refractivity contribution is 5.74.